The van der Waals surface area contributed by atoms with Crippen LogP contribution in [0.5, 0.6) is 0 Å². The second-order valence-corrected chi connectivity index (χ2v) is 8.27. The Morgan fingerprint density at radius 1 is 1.17 bits per heavy atom. The summed E-state index contributed by atoms with van der Waals surface area (Å²) in [6, 6.07) is 12.4. The number of nitro groups is 1. The van der Waals surface area contributed by atoms with Gasteiger partial charge in [0.1, 0.15) is 16.7 Å². The highest BCUT2D eigenvalue weighted by Gasteiger charge is 2.24. The Morgan fingerprint density at radius 3 is 2.74 bits per heavy atom. The van der Waals surface area contributed by atoms with Crippen LogP contribution >= 0.6 is 11.6 Å². The van der Waals surface area contributed by atoms with E-state index in [9.17, 15) is 19.7 Å². The first-order valence-corrected chi connectivity index (χ1v) is 11.2. The van der Waals surface area contributed by atoms with E-state index in [2.05, 4.69) is 20.9 Å². The number of pyridine rings is 1. The minimum absolute atomic E-state index is 0.133. The van der Waals surface area contributed by atoms with Crippen LogP contribution in [0.4, 0.5) is 17.1 Å². The van der Waals surface area contributed by atoms with E-state index in [0.717, 1.165) is 6.54 Å². The first-order valence-electron chi connectivity index (χ1n) is 10.8. The van der Waals surface area contributed by atoms with Gasteiger partial charge in [-0.15, -0.1) is 0 Å². The van der Waals surface area contributed by atoms with Crippen molar-refractivity contribution in [2.45, 2.75) is 13.0 Å². The molecular weight excluding hydrogens is 474 g/mol. The van der Waals surface area contributed by atoms with Crippen molar-refractivity contribution >= 4 is 40.5 Å². The average molecular weight is 496 g/mol. The van der Waals surface area contributed by atoms with Crippen LogP contribution < -0.4 is 16.0 Å². The molecular formula is C24H22ClN5O5. The van der Waals surface area contributed by atoms with Crippen LogP contribution in [0.2, 0.25) is 5.02 Å². The lowest BCUT2D eigenvalue weighted by atomic mass is 10.1. The minimum atomic E-state index is -0.696. The molecule has 0 radical (unpaired) electrons. The number of morpholine rings is 1. The fourth-order valence-corrected chi connectivity index (χ4v) is 3.88. The number of hydrogen-bond acceptors (Lipinski definition) is 7. The number of carbonyl (C=O) groups excluding carboxylic acids is 2. The number of benzene rings is 2. The number of anilines is 2. The van der Waals surface area contributed by atoms with Crippen molar-refractivity contribution in [2.75, 3.05) is 30.3 Å². The molecule has 1 aliphatic rings. The zero-order valence-electron chi connectivity index (χ0n) is 18.7. The van der Waals surface area contributed by atoms with Crippen molar-refractivity contribution in [3.63, 3.8) is 0 Å². The maximum Gasteiger partial charge on any atom is 0.300 e. The maximum absolute atomic E-state index is 12.9. The van der Waals surface area contributed by atoms with Gasteiger partial charge >= 0.3 is 5.69 Å². The lowest BCUT2D eigenvalue weighted by Crippen LogP contribution is -2.33. The Bertz CT molecular complexity index is 1290. The molecule has 0 spiro atoms. The van der Waals surface area contributed by atoms with Gasteiger partial charge < -0.3 is 20.7 Å². The normalized spacial score (nSPS) is 15.3. The van der Waals surface area contributed by atoms with E-state index >= 15 is 0 Å². The molecule has 4 rings (SSSR count). The monoisotopic (exact) mass is 495 g/mol. The number of hydrogen-bond donors (Lipinski definition) is 3. The average Bonchev–Trinajstić information content (AvgIpc) is 2.86. The molecule has 1 aromatic heterocycles. The van der Waals surface area contributed by atoms with Gasteiger partial charge in [0.25, 0.3) is 11.8 Å². The number of ether oxygens (including phenoxy) is 1. The van der Waals surface area contributed by atoms with Crippen molar-refractivity contribution in [2.24, 2.45) is 0 Å². The molecule has 3 aromatic rings. The van der Waals surface area contributed by atoms with Gasteiger partial charge in [-0.1, -0.05) is 23.7 Å². The van der Waals surface area contributed by atoms with Crippen molar-refractivity contribution in [3.8, 4) is 0 Å². The molecule has 3 N–H and O–H groups in total. The summed E-state index contributed by atoms with van der Waals surface area (Å²) in [5, 5.41) is 19.9. The zero-order valence-corrected chi connectivity index (χ0v) is 19.5. The molecule has 1 saturated heterocycles. The largest absolute Gasteiger partial charge is 0.369 e. The Balaban J connectivity index is 1.51. The van der Waals surface area contributed by atoms with Gasteiger partial charge in [0.2, 0.25) is 0 Å². The van der Waals surface area contributed by atoms with Crippen LogP contribution in [0.1, 0.15) is 38.1 Å². The maximum atomic E-state index is 12.9. The molecule has 0 aliphatic carbocycles. The molecule has 1 atom stereocenters. The van der Waals surface area contributed by atoms with E-state index in [1.54, 1.807) is 43.5 Å². The molecule has 0 saturated carbocycles. The Morgan fingerprint density at radius 2 is 2.00 bits per heavy atom. The second kappa shape index (κ2) is 10.6. The van der Waals surface area contributed by atoms with Crippen molar-refractivity contribution in [3.05, 3.63) is 92.2 Å². The van der Waals surface area contributed by atoms with Crippen LogP contribution in [-0.4, -0.2) is 41.4 Å². The Hall–Kier alpha value is -3.86. The van der Waals surface area contributed by atoms with Gasteiger partial charge in [-0.05, 0) is 48.9 Å². The Kier molecular flexibility index (Phi) is 7.35. The van der Waals surface area contributed by atoms with Crippen LogP contribution in [0.15, 0.2) is 54.7 Å². The van der Waals surface area contributed by atoms with Crippen molar-refractivity contribution < 1.29 is 19.2 Å². The number of carbonyl (C=O) groups is 2. The number of halogens is 1. The SMILES string of the molecule is Cc1ccc(NC(=O)c2ccnc(C3CNCCO3)c2)cc1NC(=O)c1cccc(Cl)c1[N+](=O)[O-]. The van der Waals surface area contributed by atoms with E-state index < -0.39 is 16.5 Å². The third kappa shape index (κ3) is 5.62. The molecule has 2 amide bonds. The van der Waals surface area contributed by atoms with Gasteiger partial charge in [0.05, 0.1) is 17.2 Å². The molecule has 35 heavy (non-hydrogen) atoms. The smallest absolute Gasteiger partial charge is 0.300 e. The van der Waals surface area contributed by atoms with Gasteiger partial charge in [0, 0.05) is 36.2 Å². The Labute approximate surface area is 205 Å². The number of nitrogens with one attached hydrogen (secondary N) is 3. The van der Waals surface area contributed by atoms with Gasteiger partial charge in [-0.2, -0.15) is 0 Å². The molecule has 0 bridgehead atoms. The minimum Gasteiger partial charge on any atom is -0.369 e. The van der Waals surface area contributed by atoms with Gasteiger partial charge in [-0.25, -0.2) is 0 Å². The topological polar surface area (TPSA) is 135 Å². The lowest BCUT2D eigenvalue weighted by Gasteiger charge is -2.23. The summed E-state index contributed by atoms with van der Waals surface area (Å²) in [6.07, 6.45) is 1.33. The van der Waals surface area contributed by atoms with Crippen molar-refractivity contribution in [1.82, 2.24) is 10.3 Å². The molecule has 2 aromatic carbocycles. The van der Waals surface area contributed by atoms with E-state index in [1.165, 1.54) is 18.2 Å². The molecule has 180 valence electrons. The standard InChI is InChI=1S/C24H22ClN5O5/c1-14-5-6-16(12-19(14)29-24(32)17-3-2-4-18(25)22(17)30(33)34)28-23(31)15-7-8-27-20(11-15)21-13-26-9-10-35-21/h2-8,11-12,21,26H,9-10,13H2,1H3,(H,28,31)(H,29,32). The summed E-state index contributed by atoms with van der Waals surface area (Å²) in [7, 11) is 0. The number of aryl methyl sites for hydroxylation is 1. The summed E-state index contributed by atoms with van der Waals surface area (Å²) in [6.45, 7) is 3.72. The summed E-state index contributed by atoms with van der Waals surface area (Å²) in [4.78, 5) is 40.7. The first-order chi connectivity index (χ1) is 16.8. The second-order valence-electron chi connectivity index (χ2n) is 7.86. The molecule has 10 nitrogen and oxygen atoms in total. The highest BCUT2D eigenvalue weighted by Crippen LogP contribution is 2.30. The highest BCUT2D eigenvalue weighted by molar-refractivity contribution is 6.33. The van der Waals surface area contributed by atoms with Crippen molar-refractivity contribution in [1.29, 1.82) is 0 Å². The summed E-state index contributed by atoms with van der Waals surface area (Å²) >= 11 is 5.92. The van der Waals surface area contributed by atoms with Crippen LogP contribution in [-0.2, 0) is 4.74 Å². The lowest BCUT2D eigenvalue weighted by molar-refractivity contribution is -0.385. The molecule has 1 unspecified atom stereocenters. The van der Waals surface area contributed by atoms with Crippen LogP contribution in [0.25, 0.3) is 0 Å². The molecule has 11 heteroatoms. The zero-order chi connectivity index (χ0) is 24.9. The number of nitrogens with zero attached hydrogens (tertiary/aromatic N) is 2. The first kappa shape index (κ1) is 24.3. The number of nitro benzene ring substituents is 1. The van der Waals surface area contributed by atoms with Crippen LogP contribution in [0, 0.1) is 17.0 Å². The predicted molar refractivity (Wildman–Crippen MR) is 131 cm³/mol. The summed E-state index contributed by atoms with van der Waals surface area (Å²) in [5.41, 5.74) is 1.95. The third-order valence-corrected chi connectivity index (χ3v) is 5.76. The van der Waals surface area contributed by atoms with E-state index in [-0.39, 0.29) is 22.6 Å². The van der Waals surface area contributed by atoms with Gasteiger partial charge in [-0.3, -0.25) is 24.7 Å². The quantitative estimate of drug-likeness (QED) is 0.345. The third-order valence-electron chi connectivity index (χ3n) is 5.46. The summed E-state index contributed by atoms with van der Waals surface area (Å²) in [5.74, 6) is -1.05. The fraction of sp³-hybridized carbons (Fsp3) is 0.208. The van der Waals surface area contributed by atoms with E-state index in [0.29, 0.717) is 41.3 Å². The number of para-hydroxylation sites is 1. The number of rotatable bonds is 6. The summed E-state index contributed by atoms with van der Waals surface area (Å²) < 4.78 is 5.70. The van der Waals surface area contributed by atoms with E-state index in [1.807, 2.05) is 0 Å². The number of amides is 2. The van der Waals surface area contributed by atoms with Crippen LogP contribution in [0.3, 0.4) is 0 Å². The fourth-order valence-electron chi connectivity index (χ4n) is 3.63. The highest BCUT2D eigenvalue weighted by atomic mass is 35.5. The molecule has 2 heterocycles. The van der Waals surface area contributed by atoms with E-state index in [4.69, 9.17) is 16.3 Å². The molecule has 1 aliphatic heterocycles. The van der Waals surface area contributed by atoms with Gasteiger partial charge in [0.15, 0.2) is 0 Å². The molecule has 1 fully saturated rings. The predicted octanol–water partition coefficient (Wildman–Crippen LogP) is 4.12. The number of aromatic nitrogens is 1.